The number of amides is 3. The number of carbonyl (C=O) groups excluding carboxylic acids is 3. The molecule has 0 radical (unpaired) electrons. The molecule has 6 rings (SSSR count). The van der Waals surface area contributed by atoms with Crippen LogP contribution in [0.3, 0.4) is 0 Å². The standard InChI is InChI=1S/C33H40N6O4/c1-22-5-3-6-26(19-22)37-15-17-38(18-16-37)29-11-10-25(31(41)34-13-4-14-39-23(2)7-12-30(39)40)20-27(29)35-32(42)28-21-43-33(36-28)24-8-9-24/h3,5-6,10-11,19-21,23-24H,4,7-9,12-18H2,1-2H3,(H,34,41)(H,35,42). The summed E-state index contributed by atoms with van der Waals surface area (Å²) in [5.74, 6) is 0.518. The first kappa shape index (κ1) is 28.8. The summed E-state index contributed by atoms with van der Waals surface area (Å²) in [5, 5.41) is 5.99. The van der Waals surface area contributed by atoms with Crippen LogP contribution < -0.4 is 20.4 Å². The van der Waals surface area contributed by atoms with E-state index in [1.807, 2.05) is 11.0 Å². The fraction of sp³-hybridized carbons (Fsp3) is 0.455. The maximum absolute atomic E-state index is 13.3. The largest absolute Gasteiger partial charge is 0.448 e. The van der Waals surface area contributed by atoms with Crippen LogP contribution in [-0.2, 0) is 4.79 Å². The molecule has 2 aromatic carbocycles. The number of carbonyl (C=O) groups is 3. The molecule has 3 fully saturated rings. The topological polar surface area (TPSA) is 111 Å². The number of likely N-dealkylation sites (tertiary alicyclic amines) is 1. The Balaban J connectivity index is 1.14. The fourth-order valence-corrected chi connectivity index (χ4v) is 5.96. The highest BCUT2D eigenvalue weighted by Crippen LogP contribution is 2.39. The molecular formula is C33H40N6O4. The van der Waals surface area contributed by atoms with Gasteiger partial charge in [-0.15, -0.1) is 0 Å². The maximum atomic E-state index is 13.3. The Kier molecular flexibility index (Phi) is 8.35. The van der Waals surface area contributed by atoms with Crippen molar-refractivity contribution in [2.75, 3.05) is 54.4 Å². The highest BCUT2D eigenvalue weighted by Gasteiger charge is 2.30. The van der Waals surface area contributed by atoms with Gasteiger partial charge in [-0.3, -0.25) is 14.4 Å². The van der Waals surface area contributed by atoms with Crippen molar-refractivity contribution in [3.8, 4) is 0 Å². The average molecular weight is 585 g/mol. The minimum Gasteiger partial charge on any atom is -0.448 e. The lowest BCUT2D eigenvalue weighted by atomic mass is 10.1. The van der Waals surface area contributed by atoms with E-state index in [9.17, 15) is 14.4 Å². The fourth-order valence-electron chi connectivity index (χ4n) is 5.96. The number of nitrogens with one attached hydrogen (secondary N) is 2. The van der Waals surface area contributed by atoms with E-state index in [0.717, 1.165) is 51.1 Å². The molecule has 3 aromatic rings. The quantitative estimate of drug-likeness (QED) is 0.336. The zero-order valence-electron chi connectivity index (χ0n) is 25.0. The summed E-state index contributed by atoms with van der Waals surface area (Å²) < 4.78 is 5.55. The minimum absolute atomic E-state index is 0.186. The summed E-state index contributed by atoms with van der Waals surface area (Å²) >= 11 is 0. The Morgan fingerprint density at radius 3 is 2.51 bits per heavy atom. The molecule has 1 saturated carbocycles. The van der Waals surface area contributed by atoms with Gasteiger partial charge in [-0.05, 0) is 75.4 Å². The summed E-state index contributed by atoms with van der Waals surface area (Å²) in [5.41, 5.74) is 4.56. The number of piperazine rings is 1. The second-order valence-electron chi connectivity index (χ2n) is 11.9. The van der Waals surface area contributed by atoms with Crippen molar-refractivity contribution in [3.63, 3.8) is 0 Å². The monoisotopic (exact) mass is 584 g/mol. The van der Waals surface area contributed by atoms with Crippen molar-refractivity contribution >= 4 is 34.8 Å². The zero-order chi connectivity index (χ0) is 29.9. The summed E-state index contributed by atoms with van der Waals surface area (Å²) in [4.78, 5) is 49.3. The van der Waals surface area contributed by atoms with E-state index in [1.54, 1.807) is 12.1 Å². The summed E-state index contributed by atoms with van der Waals surface area (Å²) in [6.45, 7) is 8.48. The minimum atomic E-state index is -0.364. The van der Waals surface area contributed by atoms with Crippen LogP contribution in [-0.4, -0.2) is 72.9 Å². The highest BCUT2D eigenvalue weighted by molar-refractivity contribution is 6.06. The molecule has 3 heterocycles. The molecule has 226 valence electrons. The van der Waals surface area contributed by atoms with Crippen LogP contribution in [0.2, 0.25) is 0 Å². The Morgan fingerprint density at radius 2 is 1.79 bits per heavy atom. The molecule has 1 aromatic heterocycles. The number of benzene rings is 2. The Hall–Kier alpha value is -4.34. The first-order valence-electron chi connectivity index (χ1n) is 15.4. The second kappa shape index (κ2) is 12.5. The molecule has 1 aliphatic carbocycles. The van der Waals surface area contributed by atoms with Gasteiger partial charge in [0.2, 0.25) is 5.91 Å². The van der Waals surface area contributed by atoms with E-state index >= 15 is 0 Å². The van der Waals surface area contributed by atoms with E-state index in [-0.39, 0.29) is 29.5 Å². The number of anilines is 3. The molecular weight excluding hydrogens is 544 g/mol. The molecule has 43 heavy (non-hydrogen) atoms. The van der Waals surface area contributed by atoms with E-state index in [2.05, 4.69) is 63.5 Å². The molecule has 2 N–H and O–H groups in total. The number of oxazole rings is 1. The Labute approximate surface area is 252 Å². The van der Waals surface area contributed by atoms with Crippen LogP contribution in [0.4, 0.5) is 17.1 Å². The van der Waals surface area contributed by atoms with E-state index in [1.165, 1.54) is 17.5 Å². The molecule has 2 aliphatic heterocycles. The third kappa shape index (κ3) is 6.68. The molecule has 1 atom stereocenters. The lowest BCUT2D eigenvalue weighted by molar-refractivity contribution is -0.128. The van der Waals surface area contributed by atoms with Gasteiger partial charge in [0, 0.05) is 68.9 Å². The lowest BCUT2D eigenvalue weighted by Crippen LogP contribution is -2.46. The van der Waals surface area contributed by atoms with E-state index in [4.69, 9.17) is 4.42 Å². The molecule has 10 heteroatoms. The SMILES string of the molecule is Cc1cccc(N2CCN(c3ccc(C(=O)NCCCN4C(=O)CCC4C)cc3NC(=O)c3coc(C4CC4)n3)CC2)c1. The van der Waals surface area contributed by atoms with Crippen molar-refractivity contribution < 1.29 is 18.8 Å². The van der Waals surface area contributed by atoms with Crippen molar-refractivity contribution in [1.82, 2.24) is 15.2 Å². The number of aryl methyl sites for hydroxylation is 1. The van der Waals surface area contributed by atoms with Crippen LogP contribution in [0.25, 0.3) is 0 Å². The van der Waals surface area contributed by atoms with Gasteiger partial charge in [-0.1, -0.05) is 12.1 Å². The van der Waals surface area contributed by atoms with Crippen LogP contribution in [0, 0.1) is 6.92 Å². The molecule has 3 aliphatic rings. The maximum Gasteiger partial charge on any atom is 0.277 e. The number of hydrogen-bond acceptors (Lipinski definition) is 7. The first-order valence-corrected chi connectivity index (χ1v) is 15.4. The number of hydrogen-bond donors (Lipinski definition) is 2. The normalized spacial score (nSPS) is 18.7. The number of nitrogens with zero attached hydrogens (tertiary/aromatic N) is 4. The van der Waals surface area contributed by atoms with Gasteiger partial charge in [0.05, 0.1) is 11.4 Å². The van der Waals surface area contributed by atoms with Crippen molar-refractivity contribution in [2.45, 2.75) is 57.9 Å². The summed E-state index contributed by atoms with van der Waals surface area (Å²) in [6.07, 6.45) is 5.65. The molecule has 3 amide bonds. The smallest absolute Gasteiger partial charge is 0.277 e. The van der Waals surface area contributed by atoms with Gasteiger partial charge in [0.1, 0.15) is 6.26 Å². The summed E-state index contributed by atoms with van der Waals surface area (Å²) in [6, 6.07) is 14.2. The molecule has 1 unspecified atom stereocenters. The van der Waals surface area contributed by atoms with Gasteiger partial charge >= 0.3 is 0 Å². The van der Waals surface area contributed by atoms with Gasteiger partial charge in [0.15, 0.2) is 11.6 Å². The summed E-state index contributed by atoms with van der Waals surface area (Å²) in [7, 11) is 0. The first-order chi connectivity index (χ1) is 20.9. The van der Waals surface area contributed by atoms with Gasteiger partial charge in [-0.2, -0.15) is 0 Å². The van der Waals surface area contributed by atoms with Crippen molar-refractivity contribution in [1.29, 1.82) is 0 Å². The second-order valence-corrected chi connectivity index (χ2v) is 11.9. The van der Waals surface area contributed by atoms with Crippen molar-refractivity contribution in [3.05, 3.63) is 71.4 Å². The molecule has 10 nitrogen and oxygen atoms in total. The molecule has 2 saturated heterocycles. The van der Waals surface area contributed by atoms with Crippen LogP contribution >= 0.6 is 0 Å². The van der Waals surface area contributed by atoms with Gasteiger partial charge in [-0.25, -0.2) is 4.98 Å². The number of rotatable bonds is 10. The van der Waals surface area contributed by atoms with Crippen LogP contribution in [0.1, 0.15) is 77.2 Å². The Bertz CT molecular complexity index is 1490. The zero-order valence-corrected chi connectivity index (χ0v) is 25.0. The van der Waals surface area contributed by atoms with E-state index in [0.29, 0.717) is 49.0 Å². The third-order valence-electron chi connectivity index (χ3n) is 8.67. The third-order valence-corrected chi connectivity index (χ3v) is 8.67. The number of aromatic nitrogens is 1. The molecule has 0 bridgehead atoms. The van der Waals surface area contributed by atoms with Gasteiger partial charge < -0.3 is 29.8 Å². The average Bonchev–Trinajstić information content (AvgIpc) is 3.65. The van der Waals surface area contributed by atoms with Crippen LogP contribution in [0.5, 0.6) is 0 Å². The Morgan fingerprint density at radius 1 is 1.00 bits per heavy atom. The molecule has 0 spiro atoms. The highest BCUT2D eigenvalue weighted by atomic mass is 16.3. The van der Waals surface area contributed by atoms with Gasteiger partial charge in [0.25, 0.3) is 11.8 Å². The predicted octanol–water partition coefficient (Wildman–Crippen LogP) is 4.57. The van der Waals surface area contributed by atoms with Crippen LogP contribution in [0.15, 0.2) is 53.1 Å². The predicted molar refractivity (Wildman–Crippen MR) is 166 cm³/mol. The van der Waals surface area contributed by atoms with E-state index < -0.39 is 0 Å². The van der Waals surface area contributed by atoms with Crippen molar-refractivity contribution in [2.24, 2.45) is 0 Å². The lowest BCUT2D eigenvalue weighted by Gasteiger charge is -2.38.